The molecule has 2 N–H and O–H groups in total. The minimum Gasteiger partial charge on any atom is -0.397 e. The molecule has 0 bridgehead atoms. The Labute approximate surface area is 119 Å². The number of nitrogens with two attached hydrogens (primary N) is 1. The fraction of sp³-hybridized carbons (Fsp3) is 0. The van der Waals surface area contributed by atoms with E-state index in [-0.39, 0.29) is 0 Å². The van der Waals surface area contributed by atoms with E-state index in [0.717, 1.165) is 30.2 Å². The molecule has 2 rings (SSSR count). The average molecular weight is 406 g/mol. The van der Waals surface area contributed by atoms with Crippen LogP contribution in [0.25, 0.3) is 11.1 Å². The first-order valence-electron chi connectivity index (χ1n) is 4.58. The molecular formula is C12H8Br3N. The van der Waals surface area contributed by atoms with E-state index in [0.29, 0.717) is 0 Å². The molecule has 2 aromatic carbocycles. The lowest BCUT2D eigenvalue weighted by Crippen LogP contribution is -1.91. The molecule has 1 nitrogen and oxygen atoms in total. The van der Waals surface area contributed by atoms with E-state index in [2.05, 4.69) is 47.8 Å². The van der Waals surface area contributed by atoms with Crippen molar-refractivity contribution < 1.29 is 0 Å². The molecule has 0 aromatic heterocycles. The summed E-state index contributed by atoms with van der Waals surface area (Å²) in [5, 5.41) is 0. The van der Waals surface area contributed by atoms with E-state index >= 15 is 0 Å². The molecule has 0 saturated heterocycles. The average Bonchev–Trinajstić information content (AvgIpc) is 2.25. The van der Waals surface area contributed by atoms with Crippen LogP contribution in [0.15, 0.2) is 49.8 Å². The van der Waals surface area contributed by atoms with Gasteiger partial charge in [0, 0.05) is 19.0 Å². The molecule has 0 atom stereocenters. The molecule has 0 heterocycles. The highest BCUT2D eigenvalue weighted by Gasteiger charge is 2.07. The maximum absolute atomic E-state index is 6.04. The third-order valence-electron chi connectivity index (χ3n) is 2.25. The van der Waals surface area contributed by atoms with E-state index in [1.165, 1.54) is 0 Å². The van der Waals surface area contributed by atoms with Crippen LogP contribution < -0.4 is 5.73 Å². The first-order chi connectivity index (χ1) is 7.58. The minimum atomic E-state index is 0.755. The number of nitrogen functional groups attached to an aromatic ring is 1. The van der Waals surface area contributed by atoms with Crippen molar-refractivity contribution in [2.45, 2.75) is 0 Å². The summed E-state index contributed by atoms with van der Waals surface area (Å²) >= 11 is 10.3. The van der Waals surface area contributed by atoms with Gasteiger partial charge < -0.3 is 5.73 Å². The highest BCUT2D eigenvalue weighted by atomic mass is 79.9. The first kappa shape index (κ1) is 12.1. The summed E-state index contributed by atoms with van der Waals surface area (Å²) in [5.74, 6) is 0. The number of hydrogen-bond acceptors (Lipinski definition) is 1. The summed E-state index contributed by atoms with van der Waals surface area (Å²) in [7, 11) is 0. The van der Waals surface area contributed by atoms with Crippen LogP contribution in [0.3, 0.4) is 0 Å². The lowest BCUT2D eigenvalue weighted by molar-refractivity contribution is 1.54. The third-order valence-corrected chi connectivity index (χ3v) is 3.89. The number of halogens is 3. The van der Waals surface area contributed by atoms with Crippen LogP contribution in [0.4, 0.5) is 5.69 Å². The summed E-state index contributed by atoms with van der Waals surface area (Å²) < 4.78 is 2.97. The summed E-state index contributed by atoms with van der Waals surface area (Å²) in [4.78, 5) is 0. The van der Waals surface area contributed by atoms with Crippen molar-refractivity contribution in [2.24, 2.45) is 0 Å². The highest BCUT2D eigenvalue weighted by Crippen LogP contribution is 2.35. The van der Waals surface area contributed by atoms with Crippen molar-refractivity contribution in [3.8, 4) is 11.1 Å². The highest BCUT2D eigenvalue weighted by molar-refractivity contribution is 9.11. The molecule has 2 aromatic rings. The fourth-order valence-corrected chi connectivity index (χ4v) is 2.94. The number of rotatable bonds is 1. The quantitative estimate of drug-likeness (QED) is 0.646. The van der Waals surface area contributed by atoms with Crippen molar-refractivity contribution in [1.29, 1.82) is 0 Å². The first-order valence-corrected chi connectivity index (χ1v) is 6.96. The maximum Gasteiger partial charge on any atom is 0.0538 e. The van der Waals surface area contributed by atoms with Gasteiger partial charge in [-0.25, -0.2) is 0 Å². The van der Waals surface area contributed by atoms with Gasteiger partial charge in [-0.3, -0.25) is 0 Å². The van der Waals surface area contributed by atoms with Crippen molar-refractivity contribution >= 4 is 53.5 Å². The van der Waals surface area contributed by atoms with E-state index in [1.54, 1.807) is 0 Å². The Morgan fingerprint density at radius 3 is 2.06 bits per heavy atom. The predicted octanol–water partition coefficient (Wildman–Crippen LogP) is 5.22. The monoisotopic (exact) mass is 403 g/mol. The van der Waals surface area contributed by atoms with Crippen molar-refractivity contribution in [3.63, 3.8) is 0 Å². The second kappa shape index (κ2) is 4.90. The summed E-state index contributed by atoms with van der Waals surface area (Å²) in [6.45, 7) is 0. The molecule has 0 aliphatic rings. The Balaban J connectivity index is 2.59. The molecule has 0 aliphatic heterocycles. The van der Waals surface area contributed by atoms with Crippen LogP contribution in [0.5, 0.6) is 0 Å². The van der Waals surface area contributed by atoms with Crippen LogP contribution in [0, 0.1) is 0 Å². The SMILES string of the molecule is Nc1c(Br)cc(Br)cc1-c1ccc(Br)cc1. The van der Waals surface area contributed by atoms with Crippen LogP contribution in [-0.4, -0.2) is 0 Å². The Morgan fingerprint density at radius 1 is 0.812 bits per heavy atom. The van der Waals surface area contributed by atoms with E-state index in [9.17, 15) is 0 Å². The van der Waals surface area contributed by atoms with E-state index in [1.807, 2.05) is 36.4 Å². The van der Waals surface area contributed by atoms with Crippen LogP contribution in [0.1, 0.15) is 0 Å². The zero-order chi connectivity index (χ0) is 11.7. The fourth-order valence-electron chi connectivity index (χ4n) is 1.45. The van der Waals surface area contributed by atoms with Crippen LogP contribution in [0.2, 0.25) is 0 Å². The molecule has 0 unspecified atom stereocenters. The smallest absolute Gasteiger partial charge is 0.0538 e. The van der Waals surface area contributed by atoms with Crippen LogP contribution in [-0.2, 0) is 0 Å². The minimum absolute atomic E-state index is 0.755. The summed E-state index contributed by atoms with van der Waals surface area (Å²) in [6, 6.07) is 12.0. The Kier molecular flexibility index (Phi) is 3.72. The Bertz CT molecular complexity index is 521. The Hall–Kier alpha value is -0.320. The topological polar surface area (TPSA) is 26.0 Å². The largest absolute Gasteiger partial charge is 0.397 e. The molecule has 82 valence electrons. The number of benzene rings is 2. The van der Waals surface area contributed by atoms with Gasteiger partial charge in [-0.15, -0.1) is 0 Å². The van der Waals surface area contributed by atoms with Gasteiger partial charge in [-0.1, -0.05) is 44.0 Å². The molecule has 16 heavy (non-hydrogen) atoms. The van der Waals surface area contributed by atoms with Gasteiger partial charge in [-0.2, -0.15) is 0 Å². The van der Waals surface area contributed by atoms with Gasteiger partial charge in [0.15, 0.2) is 0 Å². The molecule has 0 saturated carbocycles. The maximum atomic E-state index is 6.04. The molecule has 4 heteroatoms. The molecular weight excluding hydrogens is 398 g/mol. The molecule has 0 spiro atoms. The van der Waals surface area contributed by atoms with Gasteiger partial charge in [0.05, 0.1) is 5.69 Å². The van der Waals surface area contributed by atoms with Crippen molar-refractivity contribution in [2.75, 3.05) is 5.73 Å². The summed E-state index contributed by atoms with van der Waals surface area (Å²) in [6.07, 6.45) is 0. The second-order valence-electron chi connectivity index (χ2n) is 3.36. The number of anilines is 1. The Morgan fingerprint density at radius 2 is 1.44 bits per heavy atom. The van der Waals surface area contributed by atoms with E-state index < -0.39 is 0 Å². The molecule has 0 radical (unpaired) electrons. The molecule has 0 fully saturated rings. The zero-order valence-corrected chi connectivity index (χ0v) is 12.9. The third kappa shape index (κ3) is 2.50. The lowest BCUT2D eigenvalue weighted by atomic mass is 10.0. The normalized spacial score (nSPS) is 10.4. The number of hydrogen-bond donors (Lipinski definition) is 1. The lowest BCUT2D eigenvalue weighted by Gasteiger charge is -2.09. The van der Waals surface area contributed by atoms with Gasteiger partial charge in [0.25, 0.3) is 0 Å². The van der Waals surface area contributed by atoms with Gasteiger partial charge in [0.2, 0.25) is 0 Å². The predicted molar refractivity (Wildman–Crippen MR) is 79.4 cm³/mol. The van der Waals surface area contributed by atoms with E-state index in [4.69, 9.17) is 5.73 Å². The second-order valence-corrected chi connectivity index (χ2v) is 6.04. The van der Waals surface area contributed by atoms with Crippen molar-refractivity contribution in [3.05, 3.63) is 49.8 Å². The molecule has 0 aliphatic carbocycles. The van der Waals surface area contributed by atoms with Gasteiger partial charge >= 0.3 is 0 Å². The standard InChI is InChI=1S/C12H8Br3N/c13-8-3-1-7(2-4-8)10-5-9(14)6-11(15)12(10)16/h1-6H,16H2. The zero-order valence-electron chi connectivity index (χ0n) is 8.18. The van der Waals surface area contributed by atoms with Gasteiger partial charge in [0.1, 0.15) is 0 Å². The van der Waals surface area contributed by atoms with Crippen molar-refractivity contribution in [1.82, 2.24) is 0 Å². The van der Waals surface area contributed by atoms with Gasteiger partial charge in [-0.05, 0) is 45.8 Å². The van der Waals surface area contributed by atoms with Crippen LogP contribution >= 0.6 is 47.8 Å². The molecule has 0 amide bonds. The summed E-state index contributed by atoms with van der Waals surface area (Å²) in [5.41, 5.74) is 8.92.